The summed E-state index contributed by atoms with van der Waals surface area (Å²) in [7, 11) is 0. The normalized spacial score (nSPS) is 12.6. The first kappa shape index (κ1) is 14.9. The van der Waals surface area contributed by atoms with Crippen molar-refractivity contribution in [2.75, 3.05) is 0 Å². The highest BCUT2D eigenvalue weighted by molar-refractivity contribution is 6.34. The van der Waals surface area contributed by atoms with Crippen molar-refractivity contribution >= 4 is 34.7 Å². The van der Waals surface area contributed by atoms with Gasteiger partial charge >= 0.3 is 12.1 Å². The highest BCUT2D eigenvalue weighted by Crippen LogP contribution is 2.34. The Morgan fingerprint density at radius 2 is 1.94 bits per heavy atom. The van der Waals surface area contributed by atoms with Crippen LogP contribution in [0.2, 0.25) is 10.0 Å². The van der Waals surface area contributed by atoms with Crippen LogP contribution in [-0.2, 0) is 4.79 Å². The molecule has 0 bridgehead atoms. The van der Waals surface area contributed by atoms with Gasteiger partial charge in [-0.2, -0.15) is 13.2 Å². The van der Waals surface area contributed by atoms with Gasteiger partial charge in [-0.25, -0.2) is 4.79 Å². The van der Waals surface area contributed by atoms with E-state index in [9.17, 15) is 18.0 Å². The molecule has 0 radical (unpaired) electrons. The summed E-state index contributed by atoms with van der Waals surface area (Å²) in [6.07, 6.45) is -5.45. The van der Waals surface area contributed by atoms with Crippen LogP contribution in [0.5, 0.6) is 0 Å². The molecule has 0 atom stereocenters. The van der Waals surface area contributed by atoms with E-state index in [1.54, 1.807) is 0 Å². The van der Waals surface area contributed by atoms with Crippen molar-refractivity contribution in [2.24, 2.45) is 0 Å². The number of rotatable bonds is 3. The zero-order valence-electron chi connectivity index (χ0n) is 8.76. The van der Waals surface area contributed by atoms with Crippen LogP contribution < -0.4 is 0 Å². The lowest BCUT2D eigenvalue weighted by Crippen LogP contribution is -2.09. The summed E-state index contributed by atoms with van der Waals surface area (Å²) in [5.41, 5.74) is -0.480. The Labute approximate surface area is 111 Å². The van der Waals surface area contributed by atoms with E-state index in [0.717, 1.165) is 0 Å². The summed E-state index contributed by atoms with van der Waals surface area (Å²) in [4.78, 5) is 10.5. The molecule has 0 heterocycles. The van der Waals surface area contributed by atoms with E-state index in [2.05, 4.69) is 0 Å². The Hall–Kier alpha value is -1.20. The number of aliphatic carboxylic acids is 1. The van der Waals surface area contributed by atoms with Gasteiger partial charge in [0.2, 0.25) is 0 Å². The van der Waals surface area contributed by atoms with E-state index in [-0.39, 0.29) is 15.6 Å². The van der Waals surface area contributed by atoms with Crippen LogP contribution in [0.15, 0.2) is 24.3 Å². The highest BCUT2D eigenvalue weighted by atomic mass is 35.5. The van der Waals surface area contributed by atoms with Crippen molar-refractivity contribution in [2.45, 2.75) is 12.6 Å². The molecule has 18 heavy (non-hydrogen) atoms. The molecule has 0 aliphatic rings. The number of carbonyl (C=O) groups is 1. The first-order chi connectivity index (χ1) is 8.19. The van der Waals surface area contributed by atoms with Crippen LogP contribution in [-0.4, -0.2) is 17.3 Å². The van der Waals surface area contributed by atoms with E-state index in [4.69, 9.17) is 28.3 Å². The summed E-state index contributed by atoms with van der Waals surface area (Å²) >= 11 is 11.4. The number of hydrogen-bond donors (Lipinski definition) is 1. The van der Waals surface area contributed by atoms with Crippen LogP contribution in [0.4, 0.5) is 13.2 Å². The van der Waals surface area contributed by atoms with Gasteiger partial charge < -0.3 is 5.11 Å². The summed E-state index contributed by atoms with van der Waals surface area (Å²) < 4.78 is 37.1. The van der Waals surface area contributed by atoms with Crippen molar-refractivity contribution in [3.05, 3.63) is 39.9 Å². The molecule has 1 aromatic rings. The van der Waals surface area contributed by atoms with Gasteiger partial charge in [0, 0.05) is 16.1 Å². The van der Waals surface area contributed by atoms with Gasteiger partial charge in [0.15, 0.2) is 0 Å². The maximum atomic E-state index is 12.4. The molecular weight excluding hydrogens is 292 g/mol. The number of hydrogen-bond acceptors (Lipinski definition) is 1. The Morgan fingerprint density at radius 1 is 1.33 bits per heavy atom. The minimum atomic E-state index is -4.53. The Kier molecular flexibility index (Phi) is 4.65. The third kappa shape index (κ3) is 4.58. The molecule has 1 rings (SSSR count). The van der Waals surface area contributed by atoms with Gasteiger partial charge in [-0.3, -0.25) is 0 Å². The zero-order chi connectivity index (χ0) is 13.9. The van der Waals surface area contributed by atoms with Crippen molar-refractivity contribution in [3.8, 4) is 0 Å². The molecule has 0 saturated heterocycles. The Bertz CT molecular complexity index is 496. The molecule has 0 aromatic heterocycles. The lowest BCUT2D eigenvalue weighted by molar-refractivity contribution is -0.131. The average Bonchev–Trinajstić information content (AvgIpc) is 2.18. The first-order valence-corrected chi connectivity index (χ1v) is 5.40. The zero-order valence-corrected chi connectivity index (χ0v) is 10.3. The van der Waals surface area contributed by atoms with Gasteiger partial charge in [0.25, 0.3) is 0 Å². The SMILES string of the molecule is O=C(O)/C=C(\CC(F)(F)F)c1cc(Cl)ccc1Cl. The third-order valence-electron chi connectivity index (χ3n) is 1.96. The topological polar surface area (TPSA) is 37.3 Å². The van der Waals surface area contributed by atoms with Crippen molar-refractivity contribution in [1.29, 1.82) is 0 Å². The number of carboxylic acid groups (broad SMARTS) is 1. The van der Waals surface area contributed by atoms with Crippen molar-refractivity contribution in [1.82, 2.24) is 0 Å². The van der Waals surface area contributed by atoms with Gasteiger partial charge in [-0.15, -0.1) is 0 Å². The van der Waals surface area contributed by atoms with E-state index in [1.807, 2.05) is 0 Å². The lowest BCUT2D eigenvalue weighted by atomic mass is 10.0. The largest absolute Gasteiger partial charge is 0.478 e. The van der Waals surface area contributed by atoms with E-state index in [0.29, 0.717) is 6.08 Å². The van der Waals surface area contributed by atoms with E-state index >= 15 is 0 Å². The lowest BCUT2D eigenvalue weighted by Gasteiger charge is -2.12. The van der Waals surface area contributed by atoms with Crippen LogP contribution in [0.1, 0.15) is 12.0 Å². The Morgan fingerprint density at radius 3 is 2.44 bits per heavy atom. The number of carboxylic acids is 1. The third-order valence-corrected chi connectivity index (χ3v) is 2.53. The van der Waals surface area contributed by atoms with Crippen LogP contribution in [0.3, 0.4) is 0 Å². The summed E-state index contributed by atoms with van der Waals surface area (Å²) in [6, 6.07) is 3.91. The first-order valence-electron chi connectivity index (χ1n) is 4.65. The maximum Gasteiger partial charge on any atom is 0.393 e. The van der Waals surface area contributed by atoms with Gasteiger partial charge in [0.05, 0.1) is 6.42 Å². The van der Waals surface area contributed by atoms with Crippen molar-refractivity contribution < 1.29 is 23.1 Å². The molecule has 1 aromatic carbocycles. The quantitative estimate of drug-likeness (QED) is 0.839. The molecule has 0 saturated carbocycles. The molecule has 7 heteroatoms. The minimum absolute atomic E-state index is 0.0103. The van der Waals surface area contributed by atoms with Gasteiger partial charge in [-0.1, -0.05) is 23.2 Å². The smallest absolute Gasteiger partial charge is 0.393 e. The molecule has 0 aliphatic carbocycles. The molecular formula is C11H7Cl2F3O2. The summed E-state index contributed by atoms with van der Waals surface area (Å²) in [6.45, 7) is 0. The predicted molar refractivity (Wildman–Crippen MR) is 62.7 cm³/mol. The summed E-state index contributed by atoms with van der Waals surface area (Å²) in [5.74, 6) is -1.48. The highest BCUT2D eigenvalue weighted by Gasteiger charge is 2.30. The number of halogens is 5. The monoisotopic (exact) mass is 298 g/mol. The van der Waals surface area contributed by atoms with Crippen LogP contribution in [0, 0.1) is 0 Å². The molecule has 0 unspecified atom stereocenters. The van der Waals surface area contributed by atoms with Crippen LogP contribution in [0.25, 0.3) is 5.57 Å². The van der Waals surface area contributed by atoms with Gasteiger partial charge in [0.1, 0.15) is 0 Å². The van der Waals surface area contributed by atoms with E-state index < -0.39 is 24.1 Å². The number of allylic oxidation sites excluding steroid dienone is 1. The average molecular weight is 299 g/mol. The summed E-state index contributed by atoms with van der Waals surface area (Å²) in [5, 5.41) is 8.77. The van der Waals surface area contributed by atoms with Crippen LogP contribution >= 0.6 is 23.2 Å². The second-order valence-corrected chi connectivity index (χ2v) is 4.27. The molecule has 0 spiro atoms. The standard InChI is InChI=1S/C11H7Cl2F3O2/c12-7-1-2-9(13)8(4-7)6(3-10(17)18)5-11(14,15)16/h1-4H,5H2,(H,17,18)/b6-3+. The second kappa shape index (κ2) is 5.63. The predicted octanol–water partition coefficient (Wildman–Crippen LogP) is 4.41. The second-order valence-electron chi connectivity index (χ2n) is 3.42. The molecule has 0 aliphatic heterocycles. The fourth-order valence-electron chi connectivity index (χ4n) is 1.33. The molecule has 0 fully saturated rings. The molecule has 2 nitrogen and oxygen atoms in total. The maximum absolute atomic E-state index is 12.4. The molecule has 0 amide bonds. The van der Waals surface area contributed by atoms with Gasteiger partial charge in [-0.05, 0) is 29.3 Å². The van der Waals surface area contributed by atoms with Crippen molar-refractivity contribution in [3.63, 3.8) is 0 Å². The fourth-order valence-corrected chi connectivity index (χ4v) is 1.74. The number of alkyl halides is 3. The van der Waals surface area contributed by atoms with E-state index in [1.165, 1.54) is 18.2 Å². The molecule has 98 valence electrons. The Balaban J connectivity index is 3.26. The number of benzene rings is 1. The molecule has 1 N–H and O–H groups in total. The minimum Gasteiger partial charge on any atom is -0.478 e. The fraction of sp³-hybridized carbons (Fsp3) is 0.182.